The average Bonchev–Trinajstić information content (AvgIpc) is 1.97. The van der Waals surface area contributed by atoms with Gasteiger partial charge in [-0.3, -0.25) is 4.18 Å². The fraction of sp³-hybridized carbons (Fsp3) is 0.667. The molecule has 0 rings (SSSR count). The lowest BCUT2D eigenvalue weighted by Crippen LogP contribution is -1.98. The summed E-state index contributed by atoms with van der Waals surface area (Å²) in [6.45, 7) is 7.91. The van der Waals surface area contributed by atoms with Crippen molar-refractivity contribution in [2.24, 2.45) is 5.41 Å². The predicted octanol–water partition coefficient (Wildman–Crippen LogP) is 2.40. The molecule has 0 fully saturated rings. The largest absolute Gasteiger partial charge is 0.290 e. The predicted molar refractivity (Wildman–Crippen MR) is 51.9 cm³/mol. The van der Waals surface area contributed by atoms with Crippen LogP contribution in [0.3, 0.4) is 0 Å². The Kier molecular flexibility index (Phi) is 4.46. The van der Waals surface area contributed by atoms with E-state index < -0.39 is 11.1 Å². The number of hydrogen-bond acceptors (Lipinski definition) is 2. The topological polar surface area (TPSA) is 26.3 Å². The van der Waals surface area contributed by atoms with Gasteiger partial charge in [0.2, 0.25) is 0 Å². The van der Waals surface area contributed by atoms with Crippen molar-refractivity contribution < 1.29 is 8.39 Å². The van der Waals surface area contributed by atoms with Gasteiger partial charge in [0.25, 0.3) is 0 Å². The van der Waals surface area contributed by atoms with Gasteiger partial charge in [0.05, 0.1) is 12.0 Å². The molecule has 3 heteroatoms. The van der Waals surface area contributed by atoms with Crippen LogP contribution in [0.4, 0.5) is 0 Å². The lowest BCUT2D eigenvalue weighted by atomic mass is 9.97. The van der Waals surface area contributed by atoms with Crippen LogP contribution in [-0.4, -0.2) is 11.3 Å². The highest BCUT2D eigenvalue weighted by molar-refractivity contribution is 7.84. The van der Waals surface area contributed by atoms with Crippen LogP contribution in [0.5, 0.6) is 0 Å². The van der Waals surface area contributed by atoms with Crippen molar-refractivity contribution in [1.29, 1.82) is 0 Å². The molecule has 0 aliphatic rings. The van der Waals surface area contributed by atoms with Crippen LogP contribution in [0.25, 0.3) is 0 Å². The van der Waals surface area contributed by atoms with Crippen LogP contribution < -0.4 is 0 Å². The summed E-state index contributed by atoms with van der Waals surface area (Å²) in [6, 6.07) is 0. The first-order chi connectivity index (χ1) is 5.37. The molecule has 1 atom stereocenters. The summed E-state index contributed by atoms with van der Waals surface area (Å²) in [6.07, 6.45) is 1.89. The lowest BCUT2D eigenvalue weighted by molar-refractivity contribution is 0.450. The molecular weight excluding hydrogens is 172 g/mol. The highest BCUT2D eigenvalue weighted by Crippen LogP contribution is 2.14. The van der Waals surface area contributed by atoms with Crippen molar-refractivity contribution in [3.05, 3.63) is 16.7 Å². The first kappa shape index (κ1) is 11.6. The molecule has 0 aliphatic carbocycles. The minimum atomic E-state index is -1.33. The van der Waals surface area contributed by atoms with Gasteiger partial charge in [0, 0.05) is 0 Å². The first-order valence-corrected chi connectivity index (χ1v) is 4.85. The van der Waals surface area contributed by atoms with Crippen molar-refractivity contribution in [2.45, 2.75) is 27.7 Å². The Morgan fingerprint density at radius 1 is 1.50 bits per heavy atom. The van der Waals surface area contributed by atoms with Gasteiger partial charge in [-0.1, -0.05) is 20.8 Å². The molecule has 0 aromatic rings. The van der Waals surface area contributed by atoms with E-state index in [1.54, 1.807) is 6.92 Å². The summed E-state index contributed by atoms with van der Waals surface area (Å²) in [7, 11) is 1.42. The quantitative estimate of drug-likeness (QED) is 0.622. The summed E-state index contributed by atoms with van der Waals surface area (Å²) in [4.78, 5) is 0.618. The number of rotatable bonds is 2. The molecule has 12 heavy (non-hydrogen) atoms. The van der Waals surface area contributed by atoms with E-state index >= 15 is 0 Å². The van der Waals surface area contributed by atoms with Crippen molar-refractivity contribution >= 4 is 11.1 Å². The monoisotopic (exact) mass is 188 g/mol. The van der Waals surface area contributed by atoms with Crippen molar-refractivity contribution in [1.82, 2.24) is 0 Å². The molecule has 0 amide bonds. The Morgan fingerprint density at radius 2 is 2.00 bits per heavy atom. The molecule has 0 unspecified atom stereocenters. The third-order valence-corrected chi connectivity index (χ3v) is 2.03. The molecule has 70 valence electrons. The average molecular weight is 188 g/mol. The molecule has 0 aromatic heterocycles. The highest BCUT2D eigenvalue weighted by Gasteiger charge is 2.04. The zero-order valence-corrected chi connectivity index (χ0v) is 9.12. The van der Waals surface area contributed by atoms with Crippen LogP contribution in [0.15, 0.2) is 16.7 Å². The van der Waals surface area contributed by atoms with Gasteiger partial charge in [0.15, 0.2) is 11.1 Å². The highest BCUT2D eigenvalue weighted by atomic mass is 32.2. The Balaban J connectivity index is 4.56. The van der Waals surface area contributed by atoms with Crippen LogP contribution >= 0.6 is 0 Å². The molecule has 0 heterocycles. The Labute approximate surface area is 77.0 Å². The fourth-order valence-electron chi connectivity index (χ4n) is 0.491. The van der Waals surface area contributed by atoms with E-state index in [9.17, 15) is 4.21 Å². The van der Waals surface area contributed by atoms with E-state index in [0.717, 1.165) is 0 Å². The van der Waals surface area contributed by atoms with Crippen LogP contribution in [-0.2, 0) is 15.3 Å². The van der Waals surface area contributed by atoms with Crippen LogP contribution in [0.2, 0.25) is 0 Å². The molecule has 0 saturated carbocycles. The van der Waals surface area contributed by atoms with Gasteiger partial charge in [-0.15, -0.1) is 5.73 Å². The minimum absolute atomic E-state index is 0.0687. The molecule has 0 aliphatic heterocycles. The van der Waals surface area contributed by atoms with Gasteiger partial charge in [-0.25, -0.2) is 4.21 Å². The van der Waals surface area contributed by atoms with Crippen LogP contribution in [0, 0.1) is 5.41 Å². The molecule has 0 N–H and O–H groups in total. The van der Waals surface area contributed by atoms with E-state index in [-0.39, 0.29) is 5.41 Å². The second-order valence-corrected chi connectivity index (χ2v) is 5.03. The molecule has 0 saturated heterocycles. The molecule has 0 bridgehead atoms. The Hall–Kier alpha value is -0.370. The minimum Gasteiger partial charge on any atom is -0.290 e. The standard InChI is InChI=1S/C9H16O2S/c1-8(12(10)11-5)6-7-9(2,3)4/h7H,1-5H3/t6?,12-/m0/s1. The van der Waals surface area contributed by atoms with Gasteiger partial charge in [-0.05, 0) is 18.4 Å². The van der Waals surface area contributed by atoms with E-state index in [0.29, 0.717) is 4.91 Å². The third kappa shape index (κ3) is 5.30. The zero-order chi connectivity index (χ0) is 9.78. The maximum absolute atomic E-state index is 11.0. The fourth-order valence-corrected chi connectivity index (χ4v) is 0.896. The second-order valence-electron chi connectivity index (χ2n) is 3.61. The molecule has 2 nitrogen and oxygen atoms in total. The van der Waals surface area contributed by atoms with Gasteiger partial charge in [-0.2, -0.15) is 0 Å². The normalized spacial score (nSPS) is 13.4. The van der Waals surface area contributed by atoms with Crippen LogP contribution in [0.1, 0.15) is 27.7 Å². The second kappa shape index (κ2) is 4.61. The maximum Gasteiger partial charge on any atom is 0.192 e. The molecule has 0 aromatic carbocycles. The lowest BCUT2D eigenvalue weighted by Gasteiger charge is -2.08. The number of hydrogen-bond donors (Lipinski definition) is 0. The molecular formula is C9H16O2S. The summed E-state index contributed by atoms with van der Waals surface area (Å²) in [5.41, 5.74) is 3.01. The maximum atomic E-state index is 11.0. The zero-order valence-electron chi connectivity index (χ0n) is 8.30. The summed E-state index contributed by atoms with van der Waals surface area (Å²) in [5, 5.41) is 0. The van der Waals surface area contributed by atoms with Crippen molar-refractivity contribution in [3.8, 4) is 0 Å². The van der Waals surface area contributed by atoms with Gasteiger partial charge in [0.1, 0.15) is 0 Å². The smallest absolute Gasteiger partial charge is 0.192 e. The van der Waals surface area contributed by atoms with Crippen molar-refractivity contribution in [2.75, 3.05) is 7.11 Å². The van der Waals surface area contributed by atoms with E-state index in [1.165, 1.54) is 7.11 Å². The Morgan fingerprint density at radius 3 is 2.33 bits per heavy atom. The molecule has 0 radical (unpaired) electrons. The van der Waals surface area contributed by atoms with E-state index in [4.69, 9.17) is 0 Å². The SMILES string of the molecule is CO[S@](=O)C(C)=C=CC(C)(C)C. The summed E-state index contributed by atoms with van der Waals surface area (Å²) >= 11 is -1.33. The third-order valence-electron chi connectivity index (χ3n) is 1.11. The first-order valence-electron chi connectivity index (χ1n) is 3.77. The summed E-state index contributed by atoms with van der Waals surface area (Å²) in [5.74, 6) is 0. The van der Waals surface area contributed by atoms with Crippen molar-refractivity contribution in [3.63, 3.8) is 0 Å². The number of allylic oxidation sites excluding steroid dienone is 1. The van der Waals surface area contributed by atoms with Gasteiger partial charge < -0.3 is 0 Å². The van der Waals surface area contributed by atoms with E-state index in [2.05, 4.69) is 30.7 Å². The molecule has 0 spiro atoms. The van der Waals surface area contributed by atoms with Gasteiger partial charge >= 0.3 is 0 Å². The Bertz CT molecular complexity index is 229. The van der Waals surface area contributed by atoms with E-state index in [1.807, 2.05) is 6.08 Å². The summed E-state index contributed by atoms with van der Waals surface area (Å²) < 4.78 is 15.6.